The van der Waals surface area contributed by atoms with Gasteiger partial charge in [0.25, 0.3) is 0 Å². The number of quaternary nitrogens is 1. The van der Waals surface area contributed by atoms with Crippen LogP contribution in [0.4, 0.5) is 0 Å². The van der Waals surface area contributed by atoms with Crippen LogP contribution >= 0.6 is 0 Å². The zero-order valence-electron chi connectivity index (χ0n) is 12.8. The molecule has 0 spiro atoms. The van der Waals surface area contributed by atoms with Crippen LogP contribution in [-0.4, -0.2) is 16.5 Å². The Morgan fingerprint density at radius 3 is 3.00 bits per heavy atom. The maximum absolute atomic E-state index is 4.32. The molecule has 4 rings (SSSR count). The van der Waals surface area contributed by atoms with Gasteiger partial charge in [0, 0.05) is 47.0 Å². The van der Waals surface area contributed by atoms with Gasteiger partial charge in [0.15, 0.2) is 0 Å². The largest absolute Gasteiger partial charge is 0.361 e. The van der Waals surface area contributed by atoms with Crippen molar-refractivity contribution >= 4 is 10.9 Å². The van der Waals surface area contributed by atoms with Crippen LogP contribution in [0.1, 0.15) is 36.4 Å². The second-order valence-electron chi connectivity index (χ2n) is 6.28. The second-order valence-corrected chi connectivity index (χ2v) is 6.28. The van der Waals surface area contributed by atoms with Crippen LogP contribution in [0.3, 0.4) is 0 Å². The van der Waals surface area contributed by atoms with Gasteiger partial charge in [-0.05, 0) is 25.0 Å². The number of nitrogens with zero attached hydrogens (tertiary/aromatic N) is 1. The fourth-order valence-corrected chi connectivity index (χ4v) is 3.80. The summed E-state index contributed by atoms with van der Waals surface area (Å²) in [5, 5.41) is 1.37. The van der Waals surface area contributed by atoms with E-state index in [2.05, 4.69) is 52.6 Å². The van der Waals surface area contributed by atoms with E-state index in [9.17, 15) is 0 Å². The predicted octanol–water partition coefficient (Wildman–Crippen LogP) is 2.87. The SMILES string of the molecule is c1cncc([C@@H]2CCCC[NH+]2Cc2c[nH]c3ccccc23)c1. The van der Waals surface area contributed by atoms with Gasteiger partial charge in [-0.1, -0.05) is 24.3 Å². The minimum atomic E-state index is 0.580. The number of rotatable bonds is 3. The number of para-hydroxylation sites is 1. The van der Waals surface area contributed by atoms with E-state index in [0.29, 0.717) is 6.04 Å². The maximum Gasteiger partial charge on any atom is 0.115 e. The number of nitrogens with one attached hydrogen (secondary N) is 2. The number of pyridine rings is 1. The molecule has 1 fully saturated rings. The number of hydrogen-bond donors (Lipinski definition) is 2. The zero-order valence-corrected chi connectivity index (χ0v) is 12.8. The van der Waals surface area contributed by atoms with Crippen LogP contribution in [0.15, 0.2) is 55.0 Å². The monoisotopic (exact) mass is 292 g/mol. The molecule has 0 amide bonds. The Labute approximate surface area is 131 Å². The molecule has 3 aromatic rings. The summed E-state index contributed by atoms with van der Waals surface area (Å²) < 4.78 is 0. The smallest absolute Gasteiger partial charge is 0.115 e. The van der Waals surface area contributed by atoms with Gasteiger partial charge in [-0.25, -0.2) is 0 Å². The standard InChI is InChI=1S/C19H21N3/c1-2-8-18-17(7-1)16(13-21-18)14-22-11-4-3-9-19(22)15-6-5-10-20-12-15/h1-2,5-8,10,12-13,19,21H,3-4,9,11,14H2/p+1/t19-/m0/s1. The molecule has 0 bridgehead atoms. The summed E-state index contributed by atoms with van der Waals surface area (Å²) >= 11 is 0. The first-order valence-electron chi connectivity index (χ1n) is 8.21. The molecule has 3 heterocycles. The third kappa shape index (κ3) is 2.53. The van der Waals surface area contributed by atoms with Crippen LogP contribution in [0.25, 0.3) is 10.9 Å². The van der Waals surface area contributed by atoms with E-state index in [-0.39, 0.29) is 0 Å². The van der Waals surface area contributed by atoms with Crippen LogP contribution in [-0.2, 0) is 6.54 Å². The highest BCUT2D eigenvalue weighted by Gasteiger charge is 2.28. The molecule has 1 aliphatic rings. The third-order valence-electron chi connectivity index (χ3n) is 4.91. The lowest BCUT2D eigenvalue weighted by molar-refractivity contribution is -0.950. The van der Waals surface area contributed by atoms with Crippen molar-refractivity contribution in [3.05, 3.63) is 66.1 Å². The van der Waals surface area contributed by atoms with Gasteiger partial charge in [-0.2, -0.15) is 0 Å². The van der Waals surface area contributed by atoms with E-state index < -0.39 is 0 Å². The molecule has 22 heavy (non-hydrogen) atoms. The molecule has 1 unspecified atom stereocenters. The normalized spacial score (nSPS) is 22.0. The van der Waals surface area contributed by atoms with Gasteiger partial charge >= 0.3 is 0 Å². The molecule has 0 radical (unpaired) electrons. The van der Waals surface area contributed by atoms with Crippen molar-refractivity contribution in [1.29, 1.82) is 0 Å². The third-order valence-corrected chi connectivity index (χ3v) is 4.91. The van der Waals surface area contributed by atoms with Crippen LogP contribution in [0.2, 0.25) is 0 Å². The molecule has 3 nitrogen and oxygen atoms in total. The Hall–Kier alpha value is -2.13. The summed E-state index contributed by atoms with van der Waals surface area (Å²) in [5.74, 6) is 0. The molecular formula is C19H22N3+. The average Bonchev–Trinajstić information content (AvgIpc) is 2.99. The Morgan fingerprint density at radius 2 is 2.09 bits per heavy atom. The maximum atomic E-state index is 4.32. The molecule has 2 atom stereocenters. The highest BCUT2D eigenvalue weighted by atomic mass is 15.2. The first kappa shape index (κ1) is 13.5. The number of likely N-dealkylation sites (tertiary alicyclic amines) is 1. The lowest BCUT2D eigenvalue weighted by atomic mass is 9.96. The Balaban J connectivity index is 1.62. The molecule has 2 aromatic heterocycles. The number of aromatic amines is 1. The number of benzene rings is 1. The van der Waals surface area contributed by atoms with Crippen molar-refractivity contribution in [1.82, 2.24) is 9.97 Å². The van der Waals surface area contributed by atoms with Gasteiger partial charge in [0.1, 0.15) is 12.6 Å². The van der Waals surface area contributed by atoms with Crippen molar-refractivity contribution < 1.29 is 4.90 Å². The van der Waals surface area contributed by atoms with Gasteiger partial charge in [-0.3, -0.25) is 4.98 Å². The first-order chi connectivity index (χ1) is 10.9. The van der Waals surface area contributed by atoms with Crippen LogP contribution in [0, 0.1) is 0 Å². The van der Waals surface area contributed by atoms with Crippen molar-refractivity contribution in [3.63, 3.8) is 0 Å². The van der Waals surface area contributed by atoms with E-state index in [0.717, 1.165) is 6.54 Å². The van der Waals surface area contributed by atoms with E-state index in [1.807, 2.05) is 12.4 Å². The molecule has 2 N–H and O–H groups in total. The Bertz CT molecular complexity index is 747. The molecule has 0 saturated carbocycles. The highest BCUT2D eigenvalue weighted by molar-refractivity contribution is 5.82. The lowest BCUT2D eigenvalue weighted by Crippen LogP contribution is -3.11. The summed E-state index contributed by atoms with van der Waals surface area (Å²) in [7, 11) is 0. The highest BCUT2D eigenvalue weighted by Crippen LogP contribution is 2.21. The van der Waals surface area contributed by atoms with E-state index in [1.54, 1.807) is 4.90 Å². The number of piperidine rings is 1. The fraction of sp³-hybridized carbons (Fsp3) is 0.316. The van der Waals surface area contributed by atoms with Crippen molar-refractivity contribution in [2.45, 2.75) is 31.8 Å². The fourth-order valence-electron chi connectivity index (χ4n) is 3.80. The molecule has 1 saturated heterocycles. The van der Waals surface area contributed by atoms with Gasteiger partial charge in [0.2, 0.25) is 0 Å². The van der Waals surface area contributed by atoms with E-state index >= 15 is 0 Å². The summed E-state index contributed by atoms with van der Waals surface area (Å²) in [6.07, 6.45) is 10.0. The summed E-state index contributed by atoms with van der Waals surface area (Å²) in [4.78, 5) is 9.40. The summed E-state index contributed by atoms with van der Waals surface area (Å²) in [6, 6.07) is 13.5. The Morgan fingerprint density at radius 1 is 1.14 bits per heavy atom. The van der Waals surface area contributed by atoms with E-state index in [4.69, 9.17) is 0 Å². The molecule has 0 aliphatic carbocycles. The van der Waals surface area contributed by atoms with Gasteiger partial charge in [0.05, 0.1) is 6.54 Å². The summed E-state index contributed by atoms with van der Waals surface area (Å²) in [6.45, 7) is 2.34. The molecular weight excluding hydrogens is 270 g/mol. The van der Waals surface area contributed by atoms with Crippen molar-refractivity contribution in [2.75, 3.05) is 6.54 Å². The number of fused-ring (bicyclic) bond motifs is 1. The average molecular weight is 292 g/mol. The number of aromatic nitrogens is 2. The topological polar surface area (TPSA) is 33.1 Å². The van der Waals surface area contributed by atoms with Crippen LogP contribution in [0.5, 0.6) is 0 Å². The van der Waals surface area contributed by atoms with Gasteiger partial charge < -0.3 is 9.88 Å². The molecule has 1 aromatic carbocycles. The lowest BCUT2D eigenvalue weighted by Gasteiger charge is -2.32. The summed E-state index contributed by atoms with van der Waals surface area (Å²) in [5.41, 5.74) is 4.06. The van der Waals surface area contributed by atoms with Crippen molar-refractivity contribution in [3.8, 4) is 0 Å². The minimum absolute atomic E-state index is 0.580. The Kier molecular flexibility index (Phi) is 3.65. The zero-order chi connectivity index (χ0) is 14.8. The van der Waals surface area contributed by atoms with Gasteiger partial charge in [-0.15, -0.1) is 0 Å². The first-order valence-corrected chi connectivity index (χ1v) is 8.21. The number of hydrogen-bond acceptors (Lipinski definition) is 1. The van der Waals surface area contributed by atoms with Crippen LogP contribution < -0.4 is 4.90 Å². The van der Waals surface area contributed by atoms with E-state index in [1.165, 1.54) is 47.8 Å². The molecule has 112 valence electrons. The molecule has 1 aliphatic heterocycles. The van der Waals surface area contributed by atoms with Crippen molar-refractivity contribution in [2.24, 2.45) is 0 Å². The minimum Gasteiger partial charge on any atom is -0.361 e. The molecule has 3 heteroatoms. The number of H-pyrrole nitrogens is 1. The quantitative estimate of drug-likeness (QED) is 0.764. The second kappa shape index (κ2) is 5.93. The predicted molar refractivity (Wildman–Crippen MR) is 88.7 cm³/mol.